The summed E-state index contributed by atoms with van der Waals surface area (Å²) in [7, 11) is 3.07. The van der Waals surface area contributed by atoms with Crippen LogP contribution in [0.25, 0.3) is 10.9 Å². The molecular formula is C29H30F3N5O6. The molecule has 1 fully saturated rings. The Labute approximate surface area is 244 Å². The number of piperidine rings is 1. The second-order valence-electron chi connectivity index (χ2n) is 10.2. The predicted molar refractivity (Wildman–Crippen MR) is 148 cm³/mol. The molecule has 0 unspecified atom stereocenters. The molecule has 4 rings (SSSR count). The zero-order valence-corrected chi connectivity index (χ0v) is 23.6. The third-order valence-corrected chi connectivity index (χ3v) is 6.84. The fraction of sp³-hybridized carbons (Fsp3) is 0.345. The average Bonchev–Trinajstić information content (AvgIpc) is 2.97. The Balaban J connectivity index is 1.43. The maximum atomic E-state index is 13.1. The number of alkyl halides is 3. The largest absolute Gasteiger partial charge is 0.493 e. The van der Waals surface area contributed by atoms with Crippen molar-refractivity contribution in [1.29, 1.82) is 0 Å². The molecule has 1 aromatic heterocycles. The Hall–Kier alpha value is -4.88. The molecule has 3 aromatic rings. The Kier molecular flexibility index (Phi) is 9.37. The number of nitrogens with zero attached hydrogens (tertiary/aromatic N) is 3. The minimum atomic E-state index is -5.30. The molecule has 0 aliphatic carbocycles. The van der Waals surface area contributed by atoms with Gasteiger partial charge in [0.05, 0.1) is 17.5 Å². The maximum Gasteiger partial charge on any atom is 0.493 e. The molecule has 14 heteroatoms. The Morgan fingerprint density at radius 1 is 1.07 bits per heavy atom. The van der Waals surface area contributed by atoms with Crippen molar-refractivity contribution in [3.05, 3.63) is 71.4 Å². The highest BCUT2D eigenvalue weighted by Gasteiger charge is 2.43. The highest BCUT2D eigenvalue weighted by molar-refractivity contribution is 5.95. The molecule has 228 valence electrons. The summed E-state index contributed by atoms with van der Waals surface area (Å²) in [6.07, 6.45) is -5.31. The van der Waals surface area contributed by atoms with Gasteiger partial charge < -0.3 is 24.7 Å². The number of halogens is 3. The van der Waals surface area contributed by atoms with E-state index in [2.05, 4.69) is 15.1 Å². The lowest BCUT2D eigenvalue weighted by Crippen LogP contribution is -2.59. The van der Waals surface area contributed by atoms with Gasteiger partial charge in [-0.3, -0.25) is 14.6 Å². The van der Waals surface area contributed by atoms with Gasteiger partial charge in [0.1, 0.15) is 12.4 Å². The van der Waals surface area contributed by atoms with Gasteiger partial charge in [0.25, 0.3) is 11.8 Å². The number of benzene rings is 2. The zero-order chi connectivity index (χ0) is 31.3. The second kappa shape index (κ2) is 13.0. The van der Waals surface area contributed by atoms with Gasteiger partial charge in [-0.05, 0) is 49.7 Å². The quantitative estimate of drug-likeness (QED) is 0.415. The molecule has 2 aromatic carbocycles. The van der Waals surface area contributed by atoms with Crippen LogP contribution >= 0.6 is 0 Å². The van der Waals surface area contributed by atoms with Crippen LogP contribution in [0.4, 0.5) is 18.0 Å². The first-order valence-corrected chi connectivity index (χ1v) is 13.3. The van der Waals surface area contributed by atoms with E-state index in [1.54, 1.807) is 12.1 Å². The topological polar surface area (TPSA) is 130 Å². The standard InChI is InChI=1S/C29H30F3N5O6/c1-17-14-19(21-6-4-5-7-23(21)33-17)16-42-20-10-8-18(9-11-20)25(38)34-24-15-37(28(41)36(2)3)13-12-22(24)26(39)35-43-27(40)29(30,31)32/h4-11,14,22,24H,12-13,15-16H2,1-3H3,(H,34,38)(H,35,39)/t22-,24+/m0/s1. The third kappa shape index (κ3) is 7.70. The number of fused-ring (bicyclic) bond motifs is 1. The van der Waals surface area contributed by atoms with E-state index >= 15 is 0 Å². The third-order valence-electron chi connectivity index (χ3n) is 6.84. The summed E-state index contributed by atoms with van der Waals surface area (Å²) < 4.78 is 43.4. The molecule has 1 saturated heterocycles. The lowest BCUT2D eigenvalue weighted by molar-refractivity contribution is -0.208. The lowest BCUT2D eigenvalue weighted by Gasteiger charge is -2.38. The molecule has 43 heavy (non-hydrogen) atoms. The van der Waals surface area contributed by atoms with E-state index in [4.69, 9.17) is 4.74 Å². The number of aryl methyl sites for hydroxylation is 1. The number of nitrogens with one attached hydrogen (secondary N) is 2. The van der Waals surface area contributed by atoms with Crippen LogP contribution in [0, 0.1) is 12.8 Å². The maximum absolute atomic E-state index is 13.1. The number of aromatic nitrogens is 1. The summed E-state index contributed by atoms with van der Waals surface area (Å²) in [5.74, 6) is -4.80. The van der Waals surface area contributed by atoms with Crippen LogP contribution in [-0.2, 0) is 21.0 Å². The van der Waals surface area contributed by atoms with E-state index in [0.29, 0.717) is 5.75 Å². The number of amides is 4. The minimum absolute atomic E-state index is 0.00410. The van der Waals surface area contributed by atoms with Crippen LogP contribution in [0.5, 0.6) is 5.75 Å². The van der Waals surface area contributed by atoms with Crippen LogP contribution in [0.15, 0.2) is 54.6 Å². The first kappa shape index (κ1) is 31.1. The Bertz CT molecular complexity index is 1510. The fourth-order valence-electron chi connectivity index (χ4n) is 4.73. The minimum Gasteiger partial charge on any atom is -0.489 e. The van der Waals surface area contributed by atoms with Crippen LogP contribution in [0.1, 0.15) is 28.0 Å². The summed E-state index contributed by atoms with van der Waals surface area (Å²) in [4.78, 5) is 60.5. The van der Waals surface area contributed by atoms with Gasteiger partial charge in [0.15, 0.2) is 0 Å². The van der Waals surface area contributed by atoms with E-state index in [9.17, 15) is 32.3 Å². The predicted octanol–water partition coefficient (Wildman–Crippen LogP) is 3.36. The monoisotopic (exact) mass is 601 g/mol. The molecule has 4 amide bonds. The SMILES string of the molecule is Cc1cc(COc2ccc(C(=O)N[C@@H]3CN(C(=O)N(C)C)CC[C@@H]3C(=O)NOC(=O)C(F)(F)F)cc2)c2ccccc2n1. The van der Waals surface area contributed by atoms with Crippen molar-refractivity contribution in [3.8, 4) is 5.75 Å². The van der Waals surface area contributed by atoms with Gasteiger partial charge in [-0.1, -0.05) is 18.2 Å². The van der Waals surface area contributed by atoms with Crippen molar-refractivity contribution >= 4 is 34.7 Å². The zero-order valence-electron chi connectivity index (χ0n) is 23.6. The second-order valence-corrected chi connectivity index (χ2v) is 10.2. The number of likely N-dealkylation sites (tertiary alicyclic amines) is 1. The number of hydroxylamine groups is 1. The molecule has 2 heterocycles. The first-order valence-electron chi connectivity index (χ1n) is 13.3. The van der Waals surface area contributed by atoms with Crippen LogP contribution in [-0.4, -0.2) is 78.0 Å². The lowest BCUT2D eigenvalue weighted by atomic mass is 9.90. The van der Waals surface area contributed by atoms with Crippen molar-refractivity contribution in [2.75, 3.05) is 27.2 Å². The molecular weight excluding hydrogens is 571 g/mol. The molecule has 1 aliphatic rings. The van der Waals surface area contributed by atoms with E-state index < -0.39 is 35.9 Å². The van der Waals surface area contributed by atoms with Crippen molar-refractivity contribution in [2.45, 2.75) is 32.2 Å². The molecule has 0 spiro atoms. The molecule has 2 atom stereocenters. The van der Waals surface area contributed by atoms with Crippen molar-refractivity contribution in [2.24, 2.45) is 5.92 Å². The smallest absolute Gasteiger partial charge is 0.489 e. The highest BCUT2D eigenvalue weighted by atomic mass is 19.4. The Morgan fingerprint density at radius 2 is 1.77 bits per heavy atom. The Morgan fingerprint density at radius 3 is 2.44 bits per heavy atom. The van der Waals surface area contributed by atoms with E-state index in [1.165, 1.54) is 41.5 Å². The molecule has 0 saturated carbocycles. The van der Waals surface area contributed by atoms with Crippen molar-refractivity contribution in [3.63, 3.8) is 0 Å². The van der Waals surface area contributed by atoms with Gasteiger partial charge in [-0.25, -0.2) is 9.59 Å². The number of pyridine rings is 1. The van der Waals surface area contributed by atoms with Gasteiger partial charge in [-0.2, -0.15) is 18.7 Å². The van der Waals surface area contributed by atoms with E-state index in [0.717, 1.165) is 22.2 Å². The number of ether oxygens (including phenoxy) is 1. The van der Waals surface area contributed by atoms with Crippen molar-refractivity contribution in [1.82, 2.24) is 25.6 Å². The molecule has 2 N–H and O–H groups in total. The number of rotatable bonds is 6. The summed E-state index contributed by atoms with van der Waals surface area (Å²) in [5, 5.41) is 3.65. The van der Waals surface area contributed by atoms with Crippen molar-refractivity contribution < 1.29 is 41.9 Å². The summed E-state index contributed by atoms with van der Waals surface area (Å²) >= 11 is 0. The number of para-hydroxylation sites is 1. The van der Waals surface area contributed by atoms with Crippen LogP contribution in [0.3, 0.4) is 0 Å². The average molecular weight is 602 g/mol. The number of carbonyl (C=O) groups excluding carboxylic acids is 4. The fourth-order valence-corrected chi connectivity index (χ4v) is 4.73. The van der Waals surface area contributed by atoms with Crippen LogP contribution in [0.2, 0.25) is 0 Å². The summed E-state index contributed by atoms with van der Waals surface area (Å²) in [5.41, 5.74) is 4.40. The van der Waals surface area contributed by atoms with Gasteiger partial charge in [-0.15, -0.1) is 0 Å². The molecule has 11 nitrogen and oxygen atoms in total. The number of carbonyl (C=O) groups is 4. The normalized spacial score (nSPS) is 16.7. The number of hydrogen-bond donors (Lipinski definition) is 2. The van der Waals surface area contributed by atoms with Gasteiger partial charge in [0.2, 0.25) is 0 Å². The number of hydrogen-bond acceptors (Lipinski definition) is 7. The van der Waals surface area contributed by atoms with Gasteiger partial charge in [0, 0.05) is 49.4 Å². The van der Waals surface area contributed by atoms with E-state index in [-0.39, 0.29) is 37.7 Å². The van der Waals surface area contributed by atoms with Crippen LogP contribution < -0.4 is 15.5 Å². The highest BCUT2D eigenvalue weighted by Crippen LogP contribution is 2.23. The summed E-state index contributed by atoms with van der Waals surface area (Å²) in [6.45, 7) is 2.15. The van der Waals surface area contributed by atoms with E-state index in [1.807, 2.05) is 37.3 Å². The summed E-state index contributed by atoms with van der Waals surface area (Å²) in [6, 6.07) is 14.5. The molecule has 0 radical (unpaired) electrons. The van der Waals surface area contributed by atoms with Gasteiger partial charge >= 0.3 is 18.2 Å². The number of urea groups is 1. The molecule has 0 bridgehead atoms. The molecule has 1 aliphatic heterocycles. The first-order chi connectivity index (χ1) is 20.3.